The standard InChI is InChI=1S/C15H13F2N3O3/c16-10-1-2-13(12(17)4-10)19-14(22)5-15(23)20-7-9(8-21)3-11(20)6-18/h1-2,4,8-9,11H,3,5,7H2,(H,19,22). The SMILES string of the molecule is N#CC1CC(C=O)CN1C(=O)CC(=O)Nc1ccc(F)cc1F. The highest BCUT2D eigenvalue weighted by Crippen LogP contribution is 2.22. The van der Waals surface area contributed by atoms with E-state index in [1.54, 1.807) is 0 Å². The fourth-order valence-electron chi connectivity index (χ4n) is 2.39. The molecule has 0 radical (unpaired) electrons. The van der Waals surface area contributed by atoms with E-state index in [2.05, 4.69) is 5.32 Å². The van der Waals surface area contributed by atoms with Gasteiger partial charge in [0.25, 0.3) is 0 Å². The van der Waals surface area contributed by atoms with Crippen LogP contribution >= 0.6 is 0 Å². The minimum atomic E-state index is -0.956. The van der Waals surface area contributed by atoms with Gasteiger partial charge in [-0.15, -0.1) is 0 Å². The summed E-state index contributed by atoms with van der Waals surface area (Å²) in [5.74, 6) is -3.58. The molecule has 23 heavy (non-hydrogen) atoms. The maximum absolute atomic E-state index is 13.4. The fourth-order valence-corrected chi connectivity index (χ4v) is 2.39. The van der Waals surface area contributed by atoms with Crippen LogP contribution in [-0.4, -0.2) is 35.6 Å². The highest BCUT2D eigenvalue weighted by atomic mass is 19.1. The lowest BCUT2D eigenvalue weighted by molar-refractivity contribution is -0.134. The Morgan fingerprint density at radius 3 is 2.78 bits per heavy atom. The van der Waals surface area contributed by atoms with Gasteiger partial charge in [-0.2, -0.15) is 5.26 Å². The molecule has 2 unspecified atom stereocenters. The summed E-state index contributed by atoms with van der Waals surface area (Å²) in [6.45, 7) is 0.0821. The van der Waals surface area contributed by atoms with Gasteiger partial charge in [0.2, 0.25) is 11.8 Å². The van der Waals surface area contributed by atoms with Crippen molar-refractivity contribution in [2.45, 2.75) is 18.9 Å². The third-order valence-corrected chi connectivity index (χ3v) is 3.51. The van der Waals surface area contributed by atoms with Crippen molar-refractivity contribution < 1.29 is 23.2 Å². The summed E-state index contributed by atoms with van der Waals surface area (Å²) in [7, 11) is 0. The monoisotopic (exact) mass is 321 g/mol. The van der Waals surface area contributed by atoms with Crippen LogP contribution in [0, 0.1) is 28.9 Å². The van der Waals surface area contributed by atoms with Gasteiger partial charge in [0, 0.05) is 18.5 Å². The predicted molar refractivity (Wildman–Crippen MR) is 74.9 cm³/mol. The normalized spacial score (nSPS) is 20.0. The summed E-state index contributed by atoms with van der Waals surface area (Å²) >= 11 is 0. The highest BCUT2D eigenvalue weighted by Gasteiger charge is 2.35. The van der Waals surface area contributed by atoms with Crippen molar-refractivity contribution >= 4 is 23.8 Å². The zero-order valence-electron chi connectivity index (χ0n) is 12.0. The molecular formula is C15H13F2N3O3. The zero-order chi connectivity index (χ0) is 17.0. The molecule has 1 aliphatic heterocycles. The van der Waals surface area contributed by atoms with Crippen LogP contribution in [0.2, 0.25) is 0 Å². The minimum Gasteiger partial charge on any atom is -0.325 e. The van der Waals surface area contributed by atoms with Crippen LogP contribution in [0.5, 0.6) is 0 Å². The Labute approximate surface area is 130 Å². The van der Waals surface area contributed by atoms with Gasteiger partial charge in [0.05, 0.1) is 11.8 Å². The molecule has 2 atom stereocenters. The van der Waals surface area contributed by atoms with E-state index in [4.69, 9.17) is 5.26 Å². The lowest BCUT2D eigenvalue weighted by Gasteiger charge is -2.19. The van der Waals surface area contributed by atoms with Gasteiger partial charge in [0.15, 0.2) is 0 Å². The molecular weight excluding hydrogens is 308 g/mol. The molecule has 0 bridgehead atoms. The molecule has 120 valence electrons. The van der Waals surface area contributed by atoms with Gasteiger partial charge in [-0.3, -0.25) is 9.59 Å². The maximum Gasteiger partial charge on any atom is 0.233 e. The van der Waals surface area contributed by atoms with Crippen LogP contribution in [0.4, 0.5) is 14.5 Å². The average molecular weight is 321 g/mol. The van der Waals surface area contributed by atoms with Gasteiger partial charge in [-0.25, -0.2) is 8.78 Å². The lowest BCUT2D eigenvalue weighted by atomic mass is 10.1. The van der Waals surface area contributed by atoms with Crippen molar-refractivity contribution in [2.75, 3.05) is 11.9 Å². The first kappa shape index (κ1) is 16.5. The largest absolute Gasteiger partial charge is 0.325 e. The second-order valence-corrected chi connectivity index (χ2v) is 5.17. The molecule has 2 rings (SSSR count). The second kappa shape index (κ2) is 6.96. The Morgan fingerprint density at radius 1 is 1.43 bits per heavy atom. The molecule has 1 aromatic rings. The quantitative estimate of drug-likeness (QED) is 0.667. The summed E-state index contributed by atoms with van der Waals surface area (Å²) in [6, 6.07) is 3.78. The van der Waals surface area contributed by atoms with E-state index in [-0.39, 0.29) is 18.7 Å². The summed E-state index contributed by atoms with van der Waals surface area (Å²) < 4.78 is 26.2. The van der Waals surface area contributed by atoms with Crippen molar-refractivity contribution in [1.82, 2.24) is 4.90 Å². The predicted octanol–water partition coefficient (Wildman–Crippen LogP) is 1.23. The van der Waals surface area contributed by atoms with Crippen molar-refractivity contribution in [3.8, 4) is 6.07 Å². The number of anilines is 1. The smallest absolute Gasteiger partial charge is 0.233 e. The molecule has 0 spiro atoms. The van der Waals surface area contributed by atoms with Crippen molar-refractivity contribution in [2.24, 2.45) is 5.92 Å². The number of nitrogens with zero attached hydrogens (tertiary/aromatic N) is 2. The van der Waals surface area contributed by atoms with Crippen LogP contribution in [0.25, 0.3) is 0 Å². The lowest BCUT2D eigenvalue weighted by Crippen LogP contribution is -2.37. The van der Waals surface area contributed by atoms with E-state index >= 15 is 0 Å². The molecule has 1 heterocycles. The molecule has 1 saturated heterocycles. The number of halogens is 2. The van der Waals surface area contributed by atoms with Crippen LogP contribution in [0.1, 0.15) is 12.8 Å². The molecule has 6 nitrogen and oxygen atoms in total. The van der Waals surface area contributed by atoms with Crippen molar-refractivity contribution in [3.63, 3.8) is 0 Å². The number of carbonyl (C=O) groups is 3. The number of amides is 2. The van der Waals surface area contributed by atoms with E-state index in [1.807, 2.05) is 6.07 Å². The first-order valence-electron chi connectivity index (χ1n) is 6.84. The van der Waals surface area contributed by atoms with Gasteiger partial charge in [0.1, 0.15) is 30.4 Å². The minimum absolute atomic E-state index is 0.0821. The van der Waals surface area contributed by atoms with E-state index in [1.165, 1.54) is 4.90 Å². The molecule has 1 aliphatic rings. The number of hydrogen-bond donors (Lipinski definition) is 1. The van der Waals surface area contributed by atoms with Gasteiger partial charge in [-0.1, -0.05) is 0 Å². The third kappa shape index (κ3) is 3.88. The van der Waals surface area contributed by atoms with Crippen molar-refractivity contribution in [1.29, 1.82) is 5.26 Å². The number of carbonyl (C=O) groups excluding carboxylic acids is 3. The second-order valence-electron chi connectivity index (χ2n) is 5.17. The molecule has 0 saturated carbocycles. The number of nitrogens with one attached hydrogen (secondary N) is 1. The summed E-state index contributed by atoms with van der Waals surface area (Å²) in [4.78, 5) is 35.8. The van der Waals surface area contributed by atoms with Crippen LogP contribution in [0.3, 0.4) is 0 Å². The zero-order valence-corrected chi connectivity index (χ0v) is 12.0. The summed E-state index contributed by atoms with van der Waals surface area (Å²) in [6.07, 6.45) is 0.312. The average Bonchev–Trinajstić information content (AvgIpc) is 2.93. The highest BCUT2D eigenvalue weighted by molar-refractivity contribution is 6.03. The first-order valence-corrected chi connectivity index (χ1v) is 6.84. The van der Waals surface area contributed by atoms with E-state index in [0.29, 0.717) is 12.4 Å². The molecule has 0 aromatic heterocycles. The number of benzene rings is 1. The van der Waals surface area contributed by atoms with Gasteiger partial charge < -0.3 is 15.0 Å². The Kier molecular flexibility index (Phi) is 5.01. The van der Waals surface area contributed by atoms with E-state index in [0.717, 1.165) is 12.1 Å². The number of likely N-dealkylation sites (tertiary alicyclic amines) is 1. The Morgan fingerprint density at radius 2 is 2.17 bits per heavy atom. The number of rotatable bonds is 4. The van der Waals surface area contributed by atoms with Crippen LogP contribution in [-0.2, 0) is 14.4 Å². The Bertz CT molecular complexity index is 687. The van der Waals surface area contributed by atoms with Gasteiger partial charge >= 0.3 is 0 Å². The molecule has 1 fully saturated rings. The van der Waals surface area contributed by atoms with E-state index in [9.17, 15) is 23.2 Å². The Hall–Kier alpha value is -2.82. The number of nitriles is 1. The van der Waals surface area contributed by atoms with Crippen molar-refractivity contribution in [3.05, 3.63) is 29.8 Å². The summed E-state index contributed by atoms with van der Waals surface area (Å²) in [5, 5.41) is 11.2. The Balaban J connectivity index is 1.98. The molecule has 1 N–H and O–H groups in total. The molecule has 2 amide bonds. The number of aldehydes is 1. The van der Waals surface area contributed by atoms with E-state index < -0.39 is 41.8 Å². The number of hydrogen-bond acceptors (Lipinski definition) is 4. The topological polar surface area (TPSA) is 90.3 Å². The molecule has 1 aromatic carbocycles. The van der Waals surface area contributed by atoms with Crippen LogP contribution in [0.15, 0.2) is 18.2 Å². The van der Waals surface area contributed by atoms with Crippen LogP contribution < -0.4 is 5.32 Å². The summed E-state index contributed by atoms with van der Waals surface area (Å²) in [5.41, 5.74) is -0.242. The maximum atomic E-state index is 13.4. The molecule has 0 aliphatic carbocycles. The van der Waals surface area contributed by atoms with Gasteiger partial charge in [-0.05, 0) is 18.6 Å². The third-order valence-electron chi connectivity index (χ3n) is 3.51. The first-order chi connectivity index (χ1) is 10.9. The fraction of sp³-hybridized carbons (Fsp3) is 0.333. The molecule has 8 heteroatoms.